The normalized spacial score (nSPS) is 12.2. The van der Waals surface area contributed by atoms with Crippen LogP contribution in [-0.4, -0.2) is 12.1 Å². The molecule has 2 heteroatoms. The van der Waals surface area contributed by atoms with Gasteiger partial charge in [0.2, 0.25) is 0 Å². The Labute approximate surface area is 84.9 Å². The lowest BCUT2D eigenvalue weighted by Gasteiger charge is -2.13. The quantitative estimate of drug-likeness (QED) is 0.688. The summed E-state index contributed by atoms with van der Waals surface area (Å²) < 4.78 is 5.07. The van der Waals surface area contributed by atoms with E-state index in [2.05, 4.69) is 19.1 Å². The van der Waals surface area contributed by atoms with Gasteiger partial charge in [-0.25, -0.2) is 0 Å². The van der Waals surface area contributed by atoms with Crippen molar-refractivity contribution < 1.29 is 9.53 Å². The van der Waals surface area contributed by atoms with Crippen LogP contribution in [0.1, 0.15) is 25.0 Å². The van der Waals surface area contributed by atoms with Crippen molar-refractivity contribution in [3.05, 3.63) is 35.4 Å². The summed E-state index contributed by atoms with van der Waals surface area (Å²) in [6.07, 6.45) is 0.736. The molecule has 0 spiro atoms. The topological polar surface area (TPSA) is 26.3 Å². The maximum atomic E-state index is 10.7. The van der Waals surface area contributed by atoms with E-state index in [0.717, 1.165) is 6.42 Å². The summed E-state index contributed by atoms with van der Waals surface area (Å²) in [5.41, 5.74) is 2.48. The summed E-state index contributed by atoms with van der Waals surface area (Å²) in [6, 6.07) is 8.14. The molecule has 0 N–H and O–H groups in total. The van der Waals surface area contributed by atoms with Crippen molar-refractivity contribution in [3.8, 4) is 0 Å². The third-order valence-electron chi connectivity index (χ3n) is 2.14. The summed E-state index contributed by atoms with van der Waals surface area (Å²) >= 11 is 0. The van der Waals surface area contributed by atoms with E-state index in [1.807, 2.05) is 19.1 Å². The van der Waals surface area contributed by atoms with Crippen LogP contribution in [-0.2, 0) is 16.0 Å². The van der Waals surface area contributed by atoms with Crippen molar-refractivity contribution in [3.63, 3.8) is 0 Å². The van der Waals surface area contributed by atoms with Gasteiger partial charge in [-0.3, -0.25) is 4.79 Å². The van der Waals surface area contributed by atoms with Gasteiger partial charge in [-0.05, 0) is 25.0 Å². The van der Waals surface area contributed by atoms with E-state index in [-0.39, 0.29) is 12.1 Å². The minimum absolute atomic E-state index is 0.0476. The fraction of sp³-hybridized carbons (Fsp3) is 0.417. The van der Waals surface area contributed by atoms with Gasteiger partial charge in [0.1, 0.15) is 6.10 Å². The summed E-state index contributed by atoms with van der Waals surface area (Å²) in [4.78, 5) is 10.7. The number of benzene rings is 1. The van der Waals surface area contributed by atoms with Crippen LogP contribution in [0.5, 0.6) is 0 Å². The molecule has 1 aromatic rings. The molecule has 14 heavy (non-hydrogen) atoms. The molecular formula is C12H16O2. The fourth-order valence-corrected chi connectivity index (χ4v) is 1.47. The zero-order valence-electron chi connectivity index (χ0n) is 8.91. The summed E-state index contributed by atoms with van der Waals surface area (Å²) in [7, 11) is 0. The number of carbonyl (C=O) groups excluding carboxylic acids is 1. The molecule has 1 aromatic carbocycles. The first-order valence-corrected chi connectivity index (χ1v) is 4.81. The molecule has 1 unspecified atom stereocenters. The summed E-state index contributed by atoms with van der Waals surface area (Å²) in [5, 5.41) is 0. The zero-order valence-corrected chi connectivity index (χ0v) is 8.91. The molecule has 2 nitrogen and oxygen atoms in total. The lowest BCUT2D eigenvalue weighted by molar-refractivity contribution is -0.145. The minimum atomic E-state index is -0.217. The van der Waals surface area contributed by atoms with Crippen LogP contribution in [0.4, 0.5) is 0 Å². The van der Waals surface area contributed by atoms with E-state index in [9.17, 15) is 4.79 Å². The van der Waals surface area contributed by atoms with Gasteiger partial charge < -0.3 is 4.74 Å². The zero-order chi connectivity index (χ0) is 10.6. The van der Waals surface area contributed by atoms with E-state index in [4.69, 9.17) is 4.74 Å². The van der Waals surface area contributed by atoms with Crippen LogP contribution in [0, 0.1) is 6.92 Å². The second kappa shape index (κ2) is 4.80. The van der Waals surface area contributed by atoms with E-state index in [1.165, 1.54) is 18.1 Å². The molecule has 1 atom stereocenters. The molecule has 0 aliphatic rings. The molecule has 76 valence electrons. The number of aryl methyl sites for hydroxylation is 1. The number of esters is 1. The van der Waals surface area contributed by atoms with Crippen LogP contribution < -0.4 is 0 Å². The molecule has 0 radical (unpaired) electrons. The highest BCUT2D eigenvalue weighted by molar-refractivity contribution is 5.66. The van der Waals surface area contributed by atoms with Gasteiger partial charge in [-0.1, -0.05) is 24.3 Å². The first-order valence-electron chi connectivity index (χ1n) is 4.81. The van der Waals surface area contributed by atoms with Gasteiger partial charge in [-0.15, -0.1) is 0 Å². The summed E-state index contributed by atoms with van der Waals surface area (Å²) in [6.45, 7) is 5.41. The largest absolute Gasteiger partial charge is 0.463 e. The molecule has 0 saturated heterocycles. The highest BCUT2D eigenvalue weighted by Crippen LogP contribution is 2.11. The highest BCUT2D eigenvalue weighted by atomic mass is 16.5. The van der Waals surface area contributed by atoms with Gasteiger partial charge in [-0.2, -0.15) is 0 Å². The Hall–Kier alpha value is -1.31. The van der Waals surface area contributed by atoms with Gasteiger partial charge in [0.15, 0.2) is 0 Å². The monoisotopic (exact) mass is 192 g/mol. The highest BCUT2D eigenvalue weighted by Gasteiger charge is 2.07. The molecule has 0 aliphatic carbocycles. The molecule has 1 rings (SSSR count). The number of hydrogen-bond donors (Lipinski definition) is 0. The van der Waals surface area contributed by atoms with Crippen molar-refractivity contribution in [2.45, 2.75) is 33.3 Å². The number of carbonyl (C=O) groups is 1. The van der Waals surface area contributed by atoms with Crippen LogP contribution in [0.2, 0.25) is 0 Å². The van der Waals surface area contributed by atoms with Crippen molar-refractivity contribution >= 4 is 5.97 Å². The molecule has 0 amide bonds. The molecule has 0 bridgehead atoms. The standard InChI is InChI=1S/C12H16O2/c1-9-6-4-5-7-12(9)8-10(2)14-11(3)13/h4-7,10H,8H2,1-3H3. The minimum Gasteiger partial charge on any atom is -0.463 e. The Morgan fingerprint density at radius 1 is 1.43 bits per heavy atom. The predicted octanol–water partition coefficient (Wildman–Crippen LogP) is 2.49. The van der Waals surface area contributed by atoms with Crippen LogP contribution in [0.15, 0.2) is 24.3 Å². The van der Waals surface area contributed by atoms with Gasteiger partial charge in [0.25, 0.3) is 0 Å². The first kappa shape index (κ1) is 10.8. The van der Waals surface area contributed by atoms with Crippen molar-refractivity contribution in [1.29, 1.82) is 0 Å². The number of ether oxygens (including phenoxy) is 1. The van der Waals surface area contributed by atoms with E-state index < -0.39 is 0 Å². The van der Waals surface area contributed by atoms with Crippen LogP contribution in [0.3, 0.4) is 0 Å². The van der Waals surface area contributed by atoms with E-state index in [1.54, 1.807) is 0 Å². The second-order valence-corrected chi connectivity index (χ2v) is 3.55. The molecule has 0 aliphatic heterocycles. The van der Waals surface area contributed by atoms with Crippen molar-refractivity contribution in [2.75, 3.05) is 0 Å². The second-order valence-electron chi connectivity index (χ2n) is 3.55. The Kier molecular flexibility index (Phi) is 3.69. The fourth-order valence-electron chi connectivity index (χ4n) is 1.47. The smallest absolute Gasteiger partial charge is 0.302 e. The van der Waals surface area contributed by atoms with E-state index >= 15 is 0 Å². The van der Waals surface area contributed by atoms with Gasteiger partial charge >= 0.3 is 5.97 Å². The Bertz CT molecular complexity index is 318. The Morgan fingerprint density at radius 2 is 2.07 bits per heavy atom. The van der Waals surface area contributed by atoms with Gasteiger partial charge in [0.05, 0.1) is 0 Å². The third-order valence-corrected chi connectivity index (χ3v) is 2.14. The van der Waals surface area contributed by atoms with E-state index in [0.29, 0.717) is 0 Å². The lowest BCUT2D eigenvalue weighted by Crippen LogP contribution is -2.15. The SMILES string of the molecule is CC(=O)OC(C)Cc1ccccc1C. The first-order chi connectivity index (χ1) is 6.59. The molecule has 0 saturated carbocycles. The van der Waals surface area contributed by atoms with Crippen LogP contribution >= 0.6 is 0 Å². The molecule has 0 fully saturated rings. The van der Waals surface area contributed by atoms with Gasteiger partial charge in [0, 0.05) is 13.3 Å². The molecule has 0 aromatic heterocycles. The average Bonchev–Trinajstić information content (AvgIpc) is 2.07. The molecule has 0 heterocycles. The number of rotatable bonds is 3. The Morgan fingerprint density at radius 3 is 2.64 bits per heavy atom. The Balaban J connectivity index is 2.60. The van der Waals surface area contributed by atoms with Crippen LogP contribution in [0.25, 0.3) is 0 Å². The maximum absolute atomic E-state index is 10.7. The van der Waals surface area contributed by atoms with Crippen molar-refractivity contribution in [2.24, 2.45) is 0 Å². The predicted molar refractivity (Wildman–Crippen MR) is 56.1 cm³/mol. The maximum Gasteiger partial charge on any atom is 0.302 e. The third kappa shape index (κ3) is 3.21. The summed E-state index contributed by atoms with van der Waals surface area (Å²) in [5.74, 6) is -0.217. The average molecular weight is 192 g/mol. The molecular weight excluding hydrogens is 176 g/mol. The van der Waals surface area contributed by atoms with Crippen molar-refractivity contribution in [1.82, 2.24) is 0 Å². The lowest BCUT2D eigenvalue weighted by atomic mass is 10.0. The number of hydrogen-bond acceptors (Lipinski definition) is 2.